The van der Waals surface area contributed by atoms with Gasteiger partial charge in [0.15, 0.2) is 6.61 Å². The highest BCUT2D eigenvalue weighted by molar-refractivity contribution is 5.68. The molecule has 2 heterocycles. The van der Waals surface area contributed by atoms with Gasteiger partial charge in [0.25, 0.3) is 0 Å². The third-order valence-corrected chi connectivity index (χ3v) is 3.97. The maximum absolute atomic E-state index is 10.5. The van der Waals surface area contributed by atoms with E-state index in [4.69, 9.17) is 14.6 Å². The van der Waals surface area contributed by atoms with Gasteiger partial charge in [0, 0.05) is 25.8 Å². The van der Waals surface area contributed by atoms with Crippen LogP contribution in [-0.2, 0) is 16.1 Å². The number of aromatic nitrogens is 2. The van der Waals surface area contributed by atoms with Gasteiger partial charge < -0.3 is 14.6 Å². The second-order valence-corrected chi connectivity index (χ2v) is 6.00. The molecule has 1 atom stereocenters. The molecule has 1 aromatic carbocycles. The van der Waals surface area contributed by atoms with Crippen LogP contribution in [-0.4, -0.2) is 52.2 Å². The van der Waals surface area contributed by atoms with Crippen LogP contribution in [0, 0.1) is 6.92 Å². The molecule has 7 heteroatoms. The van der Waals surface area contributed by atoms with Crippen molar-refractivity contribution >= 4 is 5.97 Å². The predicted octanol–water partition coefficient (Wildman–Crippen LogP) is 1.82. The lowest BCUT2D eigenvalue weighted by Gasteiger charge is -2.32. The van der Waals surface area contributed by atoms with E-state index in [0.29, 0.717) is 12.4 Å². The second-order valence-electron chi connectivity index (χ2n) is 6.00. The van der Waals surface area contributed by atoms with Gasteiger partial charge in [-0.1, -0.05) is 12.1 Å². The summed E-state index contributed by atoms with van der Waals surface area (Å²) in [4.78, 5) is 21.5. The number of hydrogen-bond donors (Lipinski definition) is 1. The zero-order valence-electron chi connectivity index (χ0n) is 14.1. The molecule has 132 valence electrons. The number of aryl methyl sites for hydroxylation is 1. The first-order valence-corrected chi connectivity index (χ1v) is 8.16. The molecule has 0 bridgehead atoms. The second kappa shape index (κ2) is 8.04. The van der Waals surface area contributed by atoms with E-state index in [2.05, 4.69) is 14.9 Å². The van der Waals surface area contributed by atoms with Crippen LogP contribution in [0.3, 0.4) is 0 Å². The number of nitrogens with zero attached hydrogens (tertiary/aromatic N) is 3. The Morgan fingerprint density at radius 3 is 2.80 bits per heavy atom. The van der Waals surface area contributed by atoms with Crippen molar-refractivity contribution in [2.24, 2.45) is 0 Å². The van der Waals surface area contributed by atoms with Gasteiger partial charge in [0.2, 0.25) is 0 Å². The van der Waals surface area contributed by atoms with Crippen LogP contribution in [0.4, 0.5) is 0 Å². The summed E-state index contributed by atoms with van der Waals surface area (Å²) in [5.41, 5.74) is 2.88. The first-order valence-electron chi connectivity index (χ1n) is 8.16. The number of carboxylic acids is 1. The molecule has 1 N–H and O–H groups in total. The van der Waals surface area contributed by atoms with Crippen LogP contribution >= 0.6 is 0 Å². The Kier molecular flexibility index (Phi) is 5.57. The Morgan fingerprint density at radius 2 is 2.12 bits per heavy atom. The SMILES string of the molecule is Cc1cnc([C@H]2CN(Cc3ccc(OCC(=O)O)cc3)CCO2)cn1. The monoisotopic (exact) mass is 343 g/mol. The van der Waals surface area contributed by atoms with Gasteiger partial charge in [-0.3, -0.25) is 14.9 Å². The van der Waals surface area contributed by atoms with Crippen LogP contribution in [0.5, 0.6) is 5.75 Å². The third-order valence-electron chi connectivity index (χ3n) is 3.97. The first-order chi connectivity index (χ1) is 12.1. The van der Waals surface area contributed by atoms with Gasteiger partial charge in [-0.15, -0.1) is 0 Å². The van der Waals surface area contributed by atoms with E-state index in [1.54, 1.807) is 24.5 Å². The van der Waals surface area contributed by atoms with Gasteiger partial charge in [0.1, 0.15) is 11.9 Å². The largest absolute Gasteiger partial charge is 0.482 e. The average molecular weight is 343 g/mol. The molecule has 1 aliphatic rings. The molecule has 2 aromatic rings. The first kappa shape index (κ1) is 17.3. The number of benzene rings is 1. The average Bonchev–Trinajstić information content (AvgIpc) is 2.62. The third kappa shape index (κ3) is 4.98. The van der Waals surface area contributed by atoms with Gasteiger partial charge in [-0.25, -0.2) is 4.79 Å². The molecule has 1 fully saturated rings. The molecule has 0 spiro atoms. The highest BCUT2D eigenvalue weighted by Crippen LogP contribution is 2.22. The van der Waals surface area contributed by atoms with Crippen molar-refractivity contribution in [3.8, 4) is 5.75 Å². The van der Waals surface area contributed by atoms with Crippen LogP contribution in [0.1, 0.15) is 23.1 Å². The highest BCUT2D eigenvalue weighted by atomic mass is 16.5. The number of aliphatic carboxylic acids is 1. The molecular weight excluding hydrogens is 322 g/mol. The highest BCUT2D eigenvalue weighted by Gasteiger charge is 2.23. The minimum Gasteiger partial charge on any atom is -0.482 e. The molecule has 3 rings (SSSR count). The molecular formula is C18H21N3O4. The van der Waals surface area contributed by atoms with Gasteiger partial charge >= 0.3 is 5.97 Å². The van der Waals surface area contributed by atoms with Gasteiger partial charge in [0.05, 0.1) is 24.2 Å². The van der Waals surface area contributed by atoms with Crippen LogP contribution in [0.2, 0.25) is 0 Å². The van der Waals surface area contributed by atoms with Crippen molar-refractivity contribution in [3.63, 3.8) is 0 Å². The fourth-order valence-electron chi connectivity index (χ4n) is 2.69. The minimum absolute atomic E-state index is 0.0694. The zero-order valence-corrected chi connectivity index (χ0v) is 14.1. The van der Waals surface area contributed by atoms with E-state index < -0.39 is 5.97 Å². The normalized spacial score (nSPS) is 18.0. The number of carbonyl (C=O) groups is 1. The molecule has 0 saturated carbocycles. The summed E-state index contributed by atoms with van der Waals surface area (Å²) in [7, 11) is 0. The van der Waals surface area contributed by atoms with E-state index >= 15 is 0 Å². The molecule has 25 heavy (non-hydrogen) atoms. The summed E-state index contributed by atoms with van der Waals surface area (Å²) in [6, 6.07) is 7.49. The van der Waals surface area contributed by atoms with Crippen molar-refractivity contribution in [2.75, 3.05) is 26.3 Å². The quantitative estimate of drug-likeness (QED) is 0.856. The van der Waals surface area contributed by atoms with Crippen LogP contribution in [0.25, 0.3) is 0 Å². The zero-order chi connectivity index (χ0) is 17.6. The van der Waals surface area contributed by atoms with E-state index in [1.165, 1.54) is 0 Å². The Morgan fingerprint density at radius 1 is 1.32 bits per heavy atom. The lowest BCUT2D eigenvalue weighted by Crippen LogP contribution is -2.38. The maximum atomic E-state index is 10.5. The summed E-state index contributed by atoms with van der Waals surface area (Å²) in [6.45, 7) is 4.64. The molecule has 1 aromatic heterocycles. The van der Waals surface area contributed by atoms with Crippen molar-refractivity contribution in [1.82, 2.24) is 14.9 Å². The Labute approximate surface area is 146 Å². The van der Waals surface area contributed by atoms with Crippen LogP contribution < -0.4 is 4.74 Å². The molecule has 0 unspecified atom stereocenters. The number of ether oxygens (including phenoxy) is 2. The minimum atomic E-state index is -0.984. The summed E-state index contributed by atoms with van der Waals surface area (Å²) in [5, 5.41) is 8.63. The van der Waals surface area contributed by atoms with Crippen molar-refractivity contribution < 1.29 is 19.4 Å². The number of morpholine rings is 1. The standard InChI is InChI=1S/C18H21N3O4/c1-13-8-20-16(9-19-13)17-11-21(6-7-24-17)10-14-2-4-15(5-3-14)25-12-18(22)23/h2-5,8-9,17H,6-7,10-12H2,1H3,(H,22,23)/t17-/m1/s1. The van der Waals surface area contributed by atoms with E-state index in [-0.39, 0.29) is 12.7 Å². The number of carboxylic acid groups (broad SMARTS) is 1. The number of hydrogen-bond acceptors (Lipinski definition) is 6. The van der Waals surface area contributed by atoms with E-state index in [0.717, 1.165) is 36.6 Å². The fraction of sp³-hybridized carbons (Fsp3) is 0.389. The van der Waals surface area contributed by atoms with Crippen LogP contribution in [0.15, 0.2) is 36.7 Å². The molecule has 1 aliphatic heterocycles. The summed E-state index contributed by atoms with van der Waals surface area (Å²) < 4.78 is 11.0. The summed E-state index contributed by atoms with van der Waals surface area (Å²) >= 11 is 0. The number of rotatable bonds is 6. The van der Waals surface area contributed by atoms with Gasteiger partial charge in [-0.05, 0) is 24.6 Å². The molecule has 0 radical (unpaired) electrons. The van der Waals surface area contributed by atoms with E-state index in [1.807, 2.05) is 19.1 Å². The topological polar surface area (TPSA) is 84.8 Å². The molecule has 0 amide bonds. The summed E-state index contributed by atoms with van der Waals surface area (Å²) in [5.74, 6) is -0.427. The Balaban J connectivity index is 1.57. The Bertz CT molecular complexity index is 703. The lowest BCUT2D eigenvalue weighted by atomic mass is 10.1. The molecule has 0 aliphatic carbocycles. The smallest absolute Gasteiger partial charge is 0.341 e. The molecule has 7 nitrogen and oxygen atoms in total. The van der Waals surface area contributed by atoms with Crippen molar-refractivity contribution in [1.29, 1.82) is 0 Å². The summed E-state index contributed by atoms with van der Waals surface area (Å²) in [6.07, 6.45) is 3.46. The van der Waals surface area contributed by atoms with Gasteiger partial charge in [-0.2, -0.15) is 0 Å². The maximum Gasteiger partial charge on any atom is 0.341 e. The van der Waals surface area contributed by atoms with E-state index in [9.17, 15) is 4.79 Å². The molecule has 1 saturated heterocycles. The fourth-order valence-corrected chi connectivity index (χ4v) is 2.69. The van der Waals surface area contributed by atoms with Crippen molar-refractivity contribution in [3.05, 3.63) is 53.6 Å². The Hall–Kier alpha value is -2.51. The lowest BCUT2D eigenvalue weighted by molar-refractivity contribution is -0.139. The predicted molar refractivity (Wildman–Crippen MR) is 90.3 cm³/mol. The van der Waals surface area contributed by atoms with Crippen molar-refractivity contribution in [2.45, 2.75) is 19.6 Å².